The molecule has 0 unspecified atom stereocenters. The molecule has 24 heavy (non-hydrogen) atoms. The minimum atomic E-state index is -0.248. The predicted molar refractivity (Wildman–Crippen MR) is 91.4 cm³/mol. The molecule has 0 spiro atoms. The molecular weight excluding hydrogens is 352 g/mol. The van der Waals surface area contributed by atoms with Gasteiger partial charge in [0.1, 0.15) is 0 Å². The Balaban J connectivity index is 1.68. The minimum Gasteiger partial charge on any atom is -0.454 e. The molecule has 1 aromatic carbocycles. The third kappa shape index (κ3) is 3.60. The van der Waals surface area contributed by atoms with Gasteiger partial charge in [-0.2, -0.15) is 0 Å². The van der Waals surface area contributed by atoms with Gasteiger partial charge in [0.2, 0.25) is 17.8 Å². The first-order chi connectivity index (χ1) is 11.6. The monoisotopic (exact) mass is 366 g/mol. The SMILES string of the molecule is CNc1nnc(SCC(=O)Nc2cc3c(cc2C(C)=O)OCO3)s1. The smallest absolute Gasteiger partial charge is 0.234 e. The number of nitrogens with zero attached hydrogens (tertiary/aromatic N) is 2. The first-order valence-electron chi connectivity index (χ1n) is 6.95. The quantitative estimate of drug-likeness (QED) is 0.593. The highest BCUT2D eigenvalue weighted by molar-refractivity contribution is 8.01. The lowest BCUT2D eigenvalue weighted by atomic mass is 10.1. The third-order valence-electron chi connectivity index (χ3n) is 3.11. The highest BCUT2D eigenvalue weighted by Gasteiger charge is 2.20. The van der Waals surface area contributed by atoms with Crippen molar-refractivity contribution >= 4 is 45.6 Å². The van der Waals surface area contributed by atoms with Gasteiger partial charge in [-0.05, 0) is 13.0 Å². The van der Waals surface area contributed by atoms with Gasteiger partial charge in [-0.25, -0.2) is 0 Å². The lowest BCUT2D eigenvalue weighted by Crippen LogP contribution is -2.16. The molecular formula is C14H14N4O4S2. The Morgan fingerprint density at radius 1 is 1.29 bits per heavy atom. The molecule has 0 bridgehead atoms. The molecule has 1 amide bonds. The number of benzene rings is 1. The largest absolute Gasteiger partial charge is 0.454 e. The van der Waals surface area contributed by atoms with Gasteiger partial charge < -0.3 is 20.1 Å². The van der Waals surface area contributed by atoms with Gasteiger partial charge in [0.05, 0.1) is 11.4 Å². The van der Waals surface area contributed by atoms with E-state index in [0.717, 1.165) is 0 Å². The summed E-state index contributed by atoms with van der Waals surface area (Å²) < 4.78 is 11.2. The number of aromatic nitrogens is 2. The second kappa shape index (κ2) is 7.05. The van der Waals surface area contributed by atoms with Crippen LogP contribution in [0.3, 0.4) is 0 Å². The van der Waals surface area contributed by atoms with Gasteiger partial charge in [-0.3, -0.25) is 9.59 Å². The topological polar surface area (TPSA) is 102 Å². The van der Waals surface area contributed by atoms with Gasteiger partial charge in [-0.1, -0.05) is 23.1 Å². The van der Waals surface area contributed by atoms with Crippen LogP contribution in [-0.4, -0.2) is 41.5 Å². The van der Waals surface area contributed by atoms with E-state index in [1.165, 1.54) is 30.0 Å². The van der Waals surface area contributed by atoms with Crippen LogP contribution >= 0.6 is 23.1 Å². The van der Waals surface area contributed by atoms with Gasteiger partial charge >= 0.3 is 0 Å². The standard InChI is InChI=1S/C14H14N4O4S2/c1-7(19)8-3-10-11(22-6-21-10)4-9(8)16-12(20)5-23-14-18-17-13(15-2)24-14/h3-4H,5-6H2,1-2H3,(H,15,17)(H,16,20). The van der Waals surface area contributed by atoms with Crippen LogP contribution in [0, 0.1) is 0 Å². The lowest BCUT2D eigenvalue weighted by Gasteiger charge is -2.10. The number of ketones is 1. The summed E-state index contributed by atoms with van der Waals surface area (Å²) >= 11 is 2.64. The molecule has 2 aromatic rings. The normalized spacial score (nSPS) is 12.1. The third-order valence-corrected chi connectivity index (χ3v) is 5.19. The number of thioether (sulfide) groups is 1. The average molecular weight is 366 g/mol. The van der Waals surface area contributed by atoms with E-state index in [9.17, 15) is 9.59 Å². The number of hydrogen-bond donors (Lipinski definition) is 2. The molecule has 3 rings (SSSR count). The van der Waals surface area contributed by atoms with Crippen LogP contribution in [0.5, 0.6) is 11.5 Å². The zero-order valence-electron chi connectivity index (χ0n) is 12.9. The van der Waals surface area contributed by atoms with E-state index < -0.39 is 0 Å². The van der Waals surface area contributed by atoms with Gasteiger partial charge in [0.25, 0.3) is 0 Å². The molecule has 0 saturated heterocycles. The van der Waals surface area contributed by atoms with Gasteiger partial charge in [-0.15, -0.1) is 10.2 Å². The van der Waals surface area contributed by atoms with Crippen LogP contribution < -0.4 is 20.1 Å². The average Bonchev–Trinajstić information content (AvgIpc) is 3.20. The summed E-state index contributed by atoms with van der Waals surface area (Å²) in [5.41, 5.74) is 0.788. The molecule has 126 valence electrons. The second-order valence-electron chi connectivity index (χ2n) is 4.77. The van der Waals surface area contributed by atoms with Crippen LogP contribution in [0.15, 0.2) is 16.5 Å². The van der Waals surface area contributed by atoms with Crippen LogP contribution in [0.4, 0.5) is 10.8 Å². The number of hydrogen-bond acceptors (Lipinski definition) is 9. The van der Waals surface area contributed by atoms with Crippen LogP contribution in [0.25, 0.3) is 0 Å². The van der Waals surface area contributed by atoms with Crippen LogP contribution in [0.2, 0.25) is 0 Å². The number of ether oxygens (including phenoxy) is 2. The van der Waals surface area contributed by atoms with Crippen molar-refractivity contribution in [3.05, 3.63) is 17.7 Å². The fourth-order valence-electron chi connectivity index (χ4n) is 2.02. The summed E-state index contributed by atoms with van der Waals surface area (Å²) in [6.07, 6.45) is 0. The molecule has 0 fully saturated rings. The number of carbonyl (C=O) groups excluding carboxylic acids is 2. The highest BCUT2D eigenvalue weighted by atomic mass is 32.2. The summed E-state index contributed by atoms with van der Waals surface area (Å²) in [6, 6.07) is 3.18. The summed E-state index contributed by atoms with van der Waals surface area (Å²) in [4.78, 5) is 23.9. The van der Waals surface area contributed by atoms with Crippen molar-refractivity contribution < 1.29 is 19.1 Å². The van der Waals surface area contributed by atoms with E-state index >= 15 is 0 Å². The van der Waals surface area contributed by atoms with E-state index in [-0.39, 0.29) is 24.2 Å². The first-order valence-corrected chi connectivity index (χ1v) is 8.75. The van der Waals surface area contributed by atoms with Crippen molar-refractivity contribution in [3.8, 4) is 11.5 Å². The Morgan fingerprint density at radius 2 is 2.04 bits per heavy atom. The molecule has 2 heterocycles. The Labute approximate surface area is 145 Å². The Morgan fingerprint density at radius 3 is 2.71 bits per heavy atom. The van der Waals surface area contributed by atoms with E-state index in [2.05, 4.69) is 20.8 Å². The number of rotatable bonds is 6. The van der Waals surface area contributed by atoms with Crippen molar-refractivity contribution in [1.29, 1.82) is 0 Å². The van der Waals surface area contributed by atoms with Crippen LogP contribution in [0.1, 0.15) is 17.3 Å². The maximum Gasteiger partial charge on any atom is 0.234 e. The Bertz CT molecular complexity index is 793. The summed E-state index contributed by atoms with van der Waals surface area (Å²) in [5, 5.41) is 14.2. The van der Waals surface area contributed by atoms with Crippen molar-refractivity contribution in [2.24, 2.45) is 0 Å². The van der Waals surface area contributed by atoms with E-state index in [4.69, 9.17) is 9.47 Å². The number of carbonyl (C=O) groups is 2. The number of anilines is 2. The molecule has 2 N–H and O–H groups in total. The molecule has 10 heteroatoms. The molecule has 0 radical (unpaired) electrons. The van der Waals surface area contributed by atoms with Gasteiger partial charge in [0, 0.05) is 18.7 Å². The van der Waals surface area contributed by atoms with Crippen molar-refractivity contribution in [3.63, 3.8) is 0 Å². The summed E-state index contributed by atoms with van der Waals surface area (Å²) in [6.45, 7) is 1.53. The van der Waals surface area contributed by atoms with Crippen molar-refractivity contribution in [2.45, 2.75) is 11.3 Å². The zero-order valence-corrected chi connectivity index (χ0v) is 14.5. The van der Waals surface area contributed by atoms with E-state index in [1.54, 1.807) is 19.2 Å². The van der Waals surface area contributed by atoms with Gasteiger partial charge in [0.15, 0.2) is 21.6 Å². The summed E-state index contributed by atoms with van der Waals surface area (Å²) in [7, 11) is 1.75. The molecule has 1 aliphatic rings. The van der Waals surface area contributed by atoms with Crippen LogP contribution in [-0.2, 0) is 4.79 Å². The fourth-order valence-corrected chi connectivity index (χ4v) is 3.52. The maximum atomic E-state index is 12.2. The fraction of sp³-hybridized carbons (Fsp3) is 0.286. The molecule has 1 aliphatic heterocycles. The zero-order chi connectivity index (χ0) is 17.1. The van der Waals surface area contributed by atoms with E-state index in [1.807, 2.05) is 0 Å². The molecule has 8 nitrogen and oxygen atoms in total. The second-order valence-corrected chi connectivity index (χ2v) is 6.97. The molecule has 0 atom stereocenters. The number of fused-ring (bicyclic) bond motifs is 1. The Kier molecular flexibility index (Phi) is 4.86. The molecule has 0 saturated carbocycles. The number of Topliss-reactive ketones (excluding diaryl/α,β-unsaturated/α-hetero) is 1. The van der Waals surface area contributed by atoms with Crippen molar-refractivity contribution in [1.82, 2.24) is 10.2 Å². The Hall–Kier alpha value is -2.33. The number of nitrogens with one attached hydrogen (secondary N) is 2. The predicted octanol–water partition coefficient (Wildman–Crippen LogP) is 2.24. The van der Waals surface area contributed by atoms with Crippen molar-refractivity contribution in [2.75, 3.05) is 30.2 Å². The molecule has 0 aliphatic carbocycles. The first kappa shape index (κ1) is 16.5. The molecule has 1 aromatic heterocycles. The lowest BCUT2D eigenvalue weighted by molar-refractivity contribution is -0.113. The summed E-state index contributed by atoms with van der Waals surface area (Å²) in [5.74, 6) is 0.748. The number of amides is 1. The van der Waals surface area contributed by atoms with E-state index in [0.29, 0.717) is 32.2 Å². The highest BCUT2D eigenvalue weighted by Crippen LogP contribution is 2.37. The maximum absolute atomic E-state index is 12.2. The minimum absolute atomic E-state index is 0.102.